The maximum atomic E-state index is 12.6. The Balaban J connectivity index is 1.60. The fraction of sp³-hybridized carbons (Fsp3) is 0.400. The van der Waals surface area contributed by atoms with Gasteiger partial charge in [-0.05, 0) is 49.9 Å². The third-order valence-electron chi connectivity index (χ3n) is 4.89. The number of nitrogens with one attached hydrogen (secondary N) is 1. The zero-order chi connectivity index (χ0) is 19.7. The SMILES string of the molecule is Cc1cc(C)cc(Oc2nccn3c(=O)n(CC(=O)NC4CCCC4)nc23)c1. The third-order valence-corrected chi connectivity index (χ3v) is 4.89. The molecule has 2 heterocycles. The Hall–Kier alpha value is -3.16. The van der Waals surface area contributed by atoms with Crippen LogP contribution >= 0.6 is 0 Å². The van der Waals surface area contributed by atoms with Crippen molar-refractivity contribution in [3.05, 3.63) is 52.2 Å². The van der Waals surface area contributed by atoms with Crippen molar-refractivity contribution in [3.63, 3.8) is 0 Å². The van der Waals surface area contributed by atoms with Crippen molar-refractivity contribution in [1.29, 1.82) is 0 Å². The summed E-state index contributed by atoms with van der Waals surface area (Å²) in [5.41, 5.74) is 2.01. The number of fused-ring (bicyclic) bond motifs is 1. The molecule has 8 nitrogen and oxygen atoms in total. The molecule has 1 fully saturated rings. The predicted octanol–water partition coefficient (Wildman–Crippen LogP) is 2.36. The van der Waals surface area contributed by atoms with Gasteiger partial charge in [-0.15, -0.1) is 5.10 Å². The van der Waals surface area contributed by atoms with Crippen LogP contribution in [0.2, 0.25) is 0 Å². The van der Waals surface area contributed by atoms with Gasteiger partial charge < -0.3 is 10.1 Å². The van der Waals surface area contributed by atoms with Crippen molar-refractivity contribution in [1.82, 2.24) is 24.5 Å². The highest BCUT2D eigenvalue weighted by atomic mass is 16.5. The highest BCUT2D eigenvalue weighted by Crippen LogP contribution is 2.24. The molecule has 0 bridgehead atoms. The van der Waals surface area contributed by atoms with Crippen LogP contribution in [0.25, 0.3) is 5.65 Å². The number of aromatic nitrogens is 4. The van der Waals surface area contributed by atoms with Crippen LogP contribution < -0.4 is 15.7 Å². The van der Waals surface area contributed by atoms with E-state index in [9.17, 15) is 9.59 Å². The zero-order valence-corrected chi connectivity index (χ0v) is 16.0. The van der Waals surface area contributed by atoms with Crippen LogP contribution in [0.1, 0.15) is 36.8 Å². The summed E-state index contributed by atoms with van der Waals surface area (Å²) in [5.74, 6) is 0.640. The highest BCUT2D eigenvalue weighted by Gasteiger charge is 2.19. The largest absolute Gasteiger partial charge is 0.436 e. The predicted molar refractivity (Wildman–Crippen MR) is 104 cm³/mol. The van der Waals surface area contributed by atoms with Crippen molar-refractivity contribution < 1.29 is 9.53 Å². The number of ether oxygens (including phenoxy) is 1. The average molecular weight is 381 g/mol. The van der Waals surface area contributed by atoms with E-state index in [1.807, 2.05) is 32.0 Å². The van der Waals surface area contributed by atoms with Crippen molar-refractivity contribution in [3.8, 4) is 11.6 Å². The molecule has 28 heavy (non-hydrogen) atoms. The van der Waals surface area contributed by atoms with E-state index in [-0.39, 0.29) is 30.0 Å². The standard InChI is InChI=1S/C20H23N5O3/c1-13-9-14(2)11-16(10-13)28-19-18-23-25(20(27)24(18)8-7-21-19)12-17(26)22-15-5-3-4-6-15/h7-11,15H,3-6,12H2,1-2H3,(H,22,26). The van der Waals surface area contributed by atoms with E-state index in [0.29, 0.717) is 5.75 Å². The summed E-state index contributed by atoms with van der Waals surface area (Å²) in [6.45, 7) is 3.84. The van der Waals surface area contributed by atoms with Gasteiger partial charge >= 0.3 is 5.69 Å². The Bertz CT molecular complexity index is 1060. The lowest BCUT2D eigenvalue weighted by Gasteiger charge is -2.11. The molecule has 0 atom stereocenters. The Labute approximate surface area is 162 Å². The first kappa shape index (κ1) is 18.2. The van der Waals surface area contributed by atoms with Gasteiger partial charge in [0.05, 0.1) is 0 Å². The fourth-order valence-corrected chi connectivity index (χ4v) is 3.68. The molecule has 1 amide bonds. The number of benzene rings is 1. The van der Waals surface area contributed by atoms with E-state index in [2.05, 4.69) is 15.4 Å². The highest BCUT2D eigenvalue weighted by molar-refractivity contribution is 5.76. The molecule has 1 aliphatic rings. The zero-order valence-electron chi connectivity index (χ0n) is 16.0. The van der Waals surface area contributed by atoms with Gasteiger partial charge in [0.1, 0.15) is 12.3 Å². The molecular weight excluding hydrogens is 358 g/mol. The average Bonchev–Trinajstić information content (AvgIpc) is 3.24. The van der Waals surface area contributed by atoms with Crippen LogP contribution in [0.15, 0.2) is 35.4 Å². The lowest BCUT2D eigenvalue weighted by atomic mass is 10.1. The van der Waals surface area contributed by atoms with E-state index < -0.39 is 5.69 Å². The fourth-order valence-electron chi connectivity index (χ4n) is 3.68. The Kier molecular flexibility index (Phi) is 4.85. The molecule has 0 aliphatic heterocycles. The number of carbonyl (C=O) groups excluding carboxylic acids is 1. The Morgan fingerprint density at radius 3 is 2.64 bits per heavy atom. The molecule has 1 aromatic carbocycles. The van der Waals surface area contributed by atoms with Gasteiger partial charge in [-0.2, -0.15) is 0 Å². The smallest absolute Gasteiger partial charge is 0.351 e. The lowest BCUT2D eigenvalue weighted by Crippen LogP contribution is -2.37. The molecule has 1 N–H and O–H groups in total. The van der Waals surface area contributed by atoms with Crippen LogP contribution in [-0.2, 0) is 11.3 Å². The third kappa shape index (κ3) is 3.76. The van der Waals surface area contributed by atoms with E-state index >= 15 is 0 Å². The van der Waals surface area contributed by atoms with Gasteiger partial charge in [-0.1, -0.05) is 18.9 Å². The number of carbonyl (C=O) groups is 1. The molecule has 0 spiro atoms. The van der Waals surface area contributed by atoms with Gasteiger partial charge in [0.25, 0.3) is 5.88 Å². The molecular formula is C20H23N5O3. The van der Waals surface area contributed by atoms with E-state index in [0.717, 1.165) is 41.5 Å². The lowest BCUT2D eigenvalue weighted by molar-refractivity contribution is -0.122. The minimum Gasteiger partial charge on any atom is -0.436 e. The van der Waals surface area contributed by atoms with Gasteiger partial charge in [0.15, 0.2) is 0 Å². The molecule has 0 radical (unpaired) electrons. The summed E-state index contributed by atoms with van der Waals surface area (Å²) in [6, 6.07) is 6.03. The van der Waals surface area contributed by atoms with Gasteiger partial charge in [0, 0.05) is 18.4 Å². The topological polar surface area (TPSA) is 90.5 Å². The molecule has 8 heteroatoms. The quantitative estimate of drug-likeness (QED) is 0.733. The van der Waals surface area contributed by atoms with Crippen LogP contribution in [0, 0.1) is 13.8 Å². The number of rotatable bonds is 5. The minimum atomic E-state index is -0.399. The first-order valence-corrected chi connectivity index (χ1v) is 9.49. The molecule has 1 aliphatic carbocycles. The molecule has 4 rings (SSSR count). The first-order chi connectivity index (χ1) is 13.5. The van der Waals surface area contributed by atoms with Gasteiger partial charge in [0.2, 0.25) is 11.6 Å². The van der Waals surface area contributed by atoms with E-state index in [1.165, 1.54) is 16.8 Å². The monoisotopic (exact) mass is 381 g/mol. The molecule has 1 saturated carbocycles. The summed E-state index contributed by atoms with van der Waals surface area (Å²) in [6.07, 6.45) is 7.24. The number of aryl methyl sites for hydroxylation is 2. The number of hydrogen-bond acceptors (Lipinski definition) is 5. The first-order valence-electron chi connectivity index (χ1n) is 9.49. The summed E-state index contributed by atoms with van der Waals surface area (Å²) >= 11 is 0. The Morgan fingerprint density at radius 2 is 1.93 bits per heavy atom. The van der Waals surface area contributed by atoms with Crippen molar-refractivity contribution in [2.24, 2.45) is 0 Å². The molecule has 3 aromatic rings. The molecule has 2 aromatic heterocycles. The van der Waals surface area contributed by atoms with Gasteiger partial charge in [-0.3, -0.25) is 4.79 Å². The normalized spacial score (nSPS) is 14.5. The van der Waals surface area contributed by atoms with Gasteiger partial charge in [-0.25, -0.2) is 18.9 Å². The Morgan fingerprint density at radius 1 is 1.21 bits per heavy atom. The number of nitrogens with zero attached hydrogens (tertiary/aromatic N) is 4. The summed E-state index contributed by atoms with van der Waals surface area (Å²) in [7, 11) is 0. The number of hydrogen-bond donors (Lipinski definition) is 1. The van der Waals surface area contributed by atoms with Crippen molar-refractivity contribution >= 4 is 11.6 Å². The maximum Gasteiger partial charge on any atom is 0.351 e. The molecule has 146 valence electrons. The second kappa shape index (κ2) is 7.46. The summed E-state index contributed by atoms with van der Waals surface area (Å²) in [5, 5.41) is 7.26. The second-order valence-corrected chi connectivity index (χ2v) is 7.34. The number of amides is 1. The van der Waals surface area contributed by atoms with Crippen LogP contribution in [0.3, 0.4) is 0 Å². The summed E-state index contributed by atoms with van der Waals surface area (Å²) in [4.78, 5) is 29.1. The summed E-state index contributed by atoms with van der Waals surface area (Å²) < 4.78 is 8.38. The second-order valence-electron chi connectivity index (χ2n) is 7.34. The van der Waals surface area contributed by atoms with Crippen LogP contribution in [-0.4, -0.2) is 31.1 Å². The van der Waals surface area contributed by atoms with Crippen LogP contribution in [0.4, 0.5) is 0 Å². The molecule has 0 unspecified atom stereocenters. The van der Waals surface area contributed by atoms with Crippen molar-refractivity contribution in [2.75, 3.05) is 0 Å². The van der Waals surface area contributed by atoms with E-state index in [1.54, 1.807) is 0 Å². The van der Waals surface area contributed by atoms with E-state index in [4.69, 9.17) is 4.74 Å². The van der Waals surface area contributed by atoms with Crippen molar-refractivity contribution in [2.45, 2.75) is 52.1 Å². The van der Waals surface area contributed by atoms with Crippen LogP contribution in [0.5, 0.6) is 11.6 Å². The molecule has 0 saturated heterocycles. The maximum absolute atomic E-state index is 12.6. The minimum absolute atomic E-state index is 0.125.